The number of amidine groups is 1. The summed E-state index contributed by atoms with van der Waals surface area (Å²) in [6.07, 6.45) is 3.98. The van der Waals surface area contributed by atoms with Gasteiger partial charge in [-0.25, -0.2) is 4.99 Å². The lowest BCUT2D eigenvalue weighted by Gasteiger charge is -2.14. The zero-order valence-electron chi connectivity index (χ0n) is 15.5. The van der Waals surface area contributed by atoms with E-state index in [1.165, 1.54) is 22.9 Å². The van der Waals surface area contributed by atoms with Gasteiger partial charge >= 0.3 is 0 Å². The molecule has 0 bridgehead atoms. The van der Waals surface area contributed by atoms with E-state index in [4.69, 9.17) is 4.99 Å². The molecule has 3 rings (SSSR count). The van der Waals surface area contributed by atoms with Crippen molar-refractivity contribution in [3.05, 3.63) is 70.1 Å². The van der Waals surface area contributed by atoms with Crippen LogP contribution in [-0.4, -0.2) is 22.5 Å². The zero-order valence-corrected chi connectivity index (χ0v) is 16.3. The maximum Gasteiger partial charge on any atom is 0.266 e. The Morgan fingerprint density at radius 2 is 1.62 bits per heavy atom. The van der Waals surface area contributed by atoms with Crippen LogP contribution in [0.1, 0.15) is 36.5 Å². The average Bonchev–Trinajstić information content (AvgIpc) is 2.92. The molecule has 134 valence electrons. The van der Waals surface area contributed by atoms with E-state index in [0.29, 0.717) is 6.54 Å². The van der Waals surface area contributed by atoms with Crippen LogP contribution in [0.15, 0.2) is 58.4 Å². The topological polar surface area (TPSA) is 32.7 Å². The van der Waals surface area contributed by atoms with Crippen molar-refractivity contribution in [1.29, 1.82) is 0 Å². The Balaban J connectivity index is 1.91. The van der Waals surface area contributed by atoms with Crippen LogP contribution in [0.3, 0.4) is 0 Å². The van der Waals surface area contributed by atoms with E-state index < -0.39 is 0 Å². The van der Waals surface area contributed by atoms with Crippen LogP contribution < -0.4 is 0 Å². The highest BCUT2D eigenvalue weighted by atomic mass is 32.2. The number of nitrogens with zero attached hydrogens (tertiary/aromatic N) is 2. The van der Waals surface area contributed by atoms with Gasteiger partial charge in [-0.3, -0.25) is 9.69 Å². The monoisotopic (exact) mass is 364 g/mol. The fraction of sp³-hybridized carbons (Fsp3) is 0.273. The van der Waals surface area contributed by atoms with Gasteiger partial charge in [0.1, 0.15) is 0 Å². The lowest BCUT2D eigenvalue weighted by atomic mass is 10.1. The second-order valence-corrected chi connectivity index (χ2v) is 7.57. The number of amides is 1. The van der Waals surface area contributed by atoms with Crippen LogP contribution in [0.2, 0.25) is 0 Å². The van der Waals surface area contributed by atoms with Crippen LogP contribution in [-0.2, 0) is 4.79 Å². The van der Waals surface area contributed by atoms with E-state index in [1.807, 2.05) is 47.4 Å². The Bertz CT molecular complexity index is 835. The van der Waals surface area contributed by atoms with E-state index in [2.05, 4.69) is 32.9 Å². The summed E-state index contributed by atoms with van der Waals surface area (Å²) < 4.78 is 0. The van der Waals surface area contributed by atoms with Gasteiger partial charge in [-0.1, -0.05) is 60.9 Å². The molecule has 0 unspecified atom stereocenters. The highest BCUT2D eigenvalue weighted by molar-refractivity contribution is 8.18. The van der Waals surface area contributed by atoms with Gasteiger partial charge in [-0.2, -0.15) is 0 Å². The number of carbonyl (C=O) groups is 1. The minimum atomic E-state index is 0.0508. The van der Waals surface area contributed by atoms with Crippen molar-refractivity contribution in [2.45, 2.75) is 33.6 Å². The molecular formula is C22H24N2OS. The van der Waals surface area contributed by atoms with Crippen LogP contribution >= 0.6 is 11.8 Å². The summed E-state index contributed by atoms with van der Waals surface area (Å²) in [4.78, 5) is 20.2. The van der Waals surface area contributed by atoms with Crippen molar-refractivity contribution in [2.24, 2.45) is 4.99 Å². The SMILES string of the molecule is CCCCN1C(=O)/C(=C\c2ccc(C)cc2)SC1=Nc1ccc(C)cc1. The Hall–Kier alpha value is -2.33. The molecule has 1 amide bonds. The van der Waals surface area contributed by atoms with Gasteiger partial charge in [0.2, 0.25) is 0 Å². The largest absolute Gasteiger partial charge is 0.286 e. The molecule has 26 heavy (non-hydrogen) atoms. The van der Waals surface area contributed by atoms with Crippen molar-refractivity contribution >= 4 is 34.6 Å². The van der Waals surface area contributed by atoms with Gasteiger partial charge in [0, 0.05) is 6.54 Å². The van der Waals surface area contributed by atoms with E-state index in [1.54, 1.807) is 0 Å². The van der Waals surface area contributed by atoms with Crippen molar-refractivity contribution < 1.29 is 4.79 Å². The predicted octanol–water partition coefficient (Wildman–Crippen LogP) is 5.71. The lowest BCUT2D eigenvalue weighted by molar-refractivity contribution is -0.122. The predicted molar refractivity (Wildman–Crippen MR) is 112 cm³/mol. The van der Waals surface area contributed by atoms with E-state index in [0.717, 1.165) is 34.2 Å². The van der Waals surface area contributed by atoms with Gasteiger partial charge in [0.15, 0.2) is 5.17 Å². The molecule has 3 nitrogen and oxygen atoms in total. The Labute approximate surface area is 159 Å². The molecule has 0 aromatic heterocycles. The minimum Gasteiger partial charge on any atom is -0.286 e. The molecule has 0 saturated carbocycles. The van der Waals surface area contributed by atoms with Gasteiger partial charge in [-0.15, -0.1) is 0 Å². The summed E-state index contributed by atoms with van der Waals surface area (Å²) in [5.41, 5.74) is 4.33. The third-order valence-electron chi connectivity index (χ3n) is 4.26. The first-order valence-electron chi connectivity index (χ1n) is 9.00. The van der Waals surface area contributed by atoms with Gasteiger partial charge < -0.3 is 0 Å². The highest BCUT2D eigenvalue weighted by Gasteiger charge is 2.32. The van der Waals surface area contributed by atoms with Crippen molar-refractivity contribution in [1.82, 2.24) is 4.90 Å². The minimum absolute atomic E-state index is 0.0508. The maximum atomic E-state index is 12.9. The molecule has 2 aromatic rings. The first-order valence-corrected chi connectivity index (χ1v) is 9.82. The van der Waals surface area contributed by atoms with Crippen LogP contribution in [0.25, 0.3) is 6.08 Å². The Kier molecular flexibility index (Phi) is 5.94. The fourth-order valence-corrected chi connectivity index (χ4v) is 3.67. The Morgan fingerprint density at radius 3 is 2.23 bits per heavy atom. The third-order valence-corrected chi connectivity index (χ3v) is 5.26. The van der Waals surface area contributed by atoms with E-state index in [9.17, 15) is 4.79 Å². The number of hydrogen-bond donors (Lipinski definition) is 0. The summed E-state index contributed by atoms with van der Waals surface area (Å²) in [6.45, 7) is 6.96. The number of benzene rings is 2. The smallest absolute Gasteiger partial charge is 0.266 e. The summed E-state index contributed by atoms with van der Waals surface area (Å²) in [7, 11) is 0. The Morgan fingerprint density at radius 1 is 1.00 bits per heavy atom. The molecule has 0 radical (unpaired) electrons. The molecule has 2 aromatic carbocycles. The second kappa shape index (κ2) is 8.37. The molecule has 1 saturated heterocycles. The molecule has 1 aliphatic rings. The van der Waals surface area contributed by atoms with Crippen LogP contribution in [0.5, 0.6) is 0 Å². The number of unbranched alkanes of at least 4 members (excludes halogenated alkanes) is 1. The molecular weight excluding hydrogens is 340 g/mol. The summed E-state index contributed by atoms with van der Waals surface area (Å²) in [6, 6.07) is 16.3. The van der Waals surface area contributed by atoms with Crippen LogP contribution in [0, 0.1) is 13.8 Å². The average molecular weight is 365 g/mol. The molecule has 0 aliphatic carbocycles. The molecule has 1 fully saturated rings. The van der Waals surface area contributed by atoms with Crippen LogP contribution in [0.4, 0.5) is 5.69 Å². The normalized spacial score (nSPS) is 17.5. The number of thioether (sulfide) groups is 1. The van der Waals surface area contributed by atoms with Crippen molar-refractivity contribution in [3.8, 4) is 0 Å². The molecule has 0 N–H and O–H groups in total. The number of aryl methyl sites for hydroxylation is 2. The summed E-state index contributed by atoms with van der Waals surface area (Å²) in [5.74, 6) is 0.0508. The quantitative estimate of drug-likeness (QED) is 0.637. The van der Waals surface area contributed by atoms with Gasteiger partial charge in [-0.05, 0) is 55.8 Å². The molecule has 4 heteroatoms. The van der Waals surface area contributed by atoms with Gasteiger partial charge in [0.05, 0.1) is 10.6 Å². The maximum absolute atomic E-state index is 12.9. The number of aliphatic imine (C=N–C) groups is 1. The fourth-order valence-electron chi connectivity index (χ4n) is 2.65. The highest BCUT2D eigenvalue weighted by Crippen LogP contribution is 2.34. The number of carbonyl (C=O) groups excluding carboxylic acids is 1. The molecule has 1 heterocycles. The zero-order chi connectivity index (χ0) is 18.5. The van der Waals surface area contributed by atoms with Gasteiger partial charge in [0.25, 0.3) is 5.91 Å². The standard InChI is InChI=1S/C22H24N2OS/c1-4-5-14-24-21(25)20(15-18-10-6-16(2)7-11-18)26-22(24)23-19-12-8-17(3)9-13-19/h6-13,15H,4-5,14H2,1-3H3/b20-15+,23-22?. The lowest BCUT2D eigenvalue weighted by Crippen LogP contribution is -2.30. The number of rotatable bonds is 5. The second-order valence-electron chi connectivity index (χ2n) is 6.56. The van der Waals surface area contributed by atoms with E-state index >= 15 is 0 Å². The van der Waals surface area contributed by atoms with E-state index in [-0.39, 0.29) is 5.91 Å². The van der Waals surface area contributed by atoms with Crippen molar-refractivity contribution in [3.63, 3.8) is 0 Å². The summed E-state index contributed by atoms with van der Waals surface area (Å²) >= 11 is 1.46. The third kappa shape index (κ3) is 4.44. The molecule has 0 spiro atoms. The first kappa shape index (κ1) is 18.5. The number of hydrogen-bond acceptors (Lipinski definition) is 3. The van der Waals surface area contributed by atoms with Crippen molar-refractivity contribution in [2.75, 3.05) is 6.54 Å². The summed E-state index contributed by atoms with van der Waals surface area (Å²) in [5, 5.41) is 0.769. The first-order chi connectivity index (χ1) is 12.6. The molecule has 1 aliphatic heterocycles. The molecule has 0 atom stereocenters.